The first-order valence-corrected chi connectivity index (χ1v) is 12.6. The van der Waals surface area contributed by atoms with Gasteiger partial charge in [0.05, 0.1) is 11.3 Å². The zero-order valence-electron chi connectivity index (χ0n) is 22.3. The molecule has 0 aliphatic heterocycles. The Morgan fingerprint density at radius 1 is 1.02 bits per heavy atom. The number of ether oxygens (including phenoxy) is 2. The lowest BCUT2D eigenvalue weighted by Crippen LogP contribution is -2.63. The summed E-state index contributed by atoms with van der Waals surface area (Å²) in [4.78, 5) is 29.7. The van der Waals surface area contributed by atoms with Crippen LogP contribution >= 0.6 is 0 Å². The minimum Gasteiger partial charge on any atom is -0.456 e. The summed E-state index contributed by atoms with van der Waals surface area (Å²) >= 11 is 0. The highest BCUT2D eigenvalue weighted by Crippen LogP contribution is 2.39. The van der Waals surface area contributed by atoms with E-state index in [1.807, 2.05) is 0 Å². The molecule has 11 heteroatoms. The zero-order valence-corrected chi connectivity index (χ0v) is 22.3. The van der Waals surface area contributed by atoms with Crippen molar-refractivity contribution in [3.05, 3.63) is 95.8 Å². The number of benzene rings is 2. The van der Waals surface area contributed by atoms with E-state index in [0.717, 1.165) is 6.07 Å². The van der Waals surface area contributed by atoms with Gasteiger partial charge in [-0.15, -0.1) is 0 Å². The van der Waals surface area contributed by atoms with Crippen LogP contribution < -0.4 is 15.8 Å². The fourth-order valence-electron chi connectivity index (χ4n) is 3.84. The second-order valence-corrected chi connectivity index (χ2v) is 9.70. The first kappa shape index (κ1) is 30.8. The summed E-state index contributed by atoms with van der Waals surface area (Å²) in [6, 6.07) is 14.6. The molecule has 3 rings (SSSR count). The molecule has 3 aromatic rings. The van der Waals surface area contributed by atoms with E-state index in [0.29, 0.717) is 5.69 Å². The molecule has 0 amide bonds. The second-order valence-electron chi connectivity index (χ2n) is 9.70. The van der Waals surface area contributed by atoms with Crippen molar-refractivity contribution in [2.75, 3.05) is 0 Å². The topological polar surface area (TPSA) is 144 Å². The number of aliphatic hydroxyl groups is 2. The van der Waals surface area contributed by atoms with Crippen molar-refractivity contribution in [3.63, 3.8) is 0 Å². The molecule has 0 spiro atoms. The lowest BCUT2D eigenvalue weighted by atomic mass is 9.90. The molecule has 5 N–H and O–H groups in total. The van der Waals surface area contributed by atoms with E-state index in [2.05, 4.69) is 10.3 Å². The van der Waals surface area contributed by atoms with E-state index in [-0.39, 0.29) is 23.5 Å². The summed E-state index contributed by atoms with van der Waals surface area (Å²) in [6.45, 7) is 3.75. The van der Waals surface area contributed by atoms with Gasteiger partial charge in [0.1, 0.15) is 24.5 Å². The summed E-state index contributed by atoms with van der Waals surface area (Å²) in [7, 11) is 0. The molecule has 2 aromatic carbocycles. The highest BCUT2D eigenvalue weighted by atomic mass is 19.3. The van der Waals surface area contributed by atoms with Crippen LogP contribution in [0.3, 0.4) is 0 Å². The third-order valence-corrected chi connectivity index (χ3v) is 6.28. The molecule has 0 aliphatic rings. The molecule has 0 fully saturated rings. The molecular formula is C29H33F2N3O6. The van der Waals surface area contributed by atoms with Gasteiger partial charge in [-0.2, -0.15) is 0 Å². The standard InChI is InChI=1S/C29H33F2N3O6/c1-18(2)29(38,27(37)39-17-22-13-7-8-15-33-22)34-24(28(30,31)25(35)19(3)32)21-12-9-14-23(16-21)40-26(36)20-10-5-4-6-11-20/h4-16,18-19,24-25,34-35,38H,17,32H2,1-3H3/t19?,24?,25?,29-/m0/s1. The number of rotatable bonds is 12. The summed E-state index contributed by atoms with van der Waals surface area (Å²) in [5.41, 5.74) is 3.40. The summed E-state index contributed by atoms with van der Waals surface area (Å²) in [5.74, 6) is -7.00. The van der Waals surface area contributed by atoms with Crippen molar-refractivity contribution in [1.29, 1.82) is 0 Å². The van der Waals surface area contributed by atoms with Crippen molar-refractivity contribution < 1.29 is 38.1 Å². The predicted molar refractivity (Wildman–Crippen MR) is 142 cm³/mol. The highest BCUT2D eigenvalue weighted by molar-refractivity contribution is 5.91. The first-order chi connectivity index (χ1) is 18.9. The summed E-state index contributed by atoms with van der Waals surface area (Å²) in [6.07, 6.45) is -0.888. The number of aliphatic hydroxyl groups excluding tert-OH is 1. The third-order valence-electron chi connectivity index (χ3n) is 6.28. The molecule has 0 bridgehead atoms. The van der Waals surface area contributed by atoms with Crippen LogP contribution in [0, 0.1) is 5.92 Å². The lowest BCUT2D eigenvalue weighted by Gasteiger charge is -2.39. The molecule has 9 nitrogen and oxygen atoms in total. The number of hydrogen-bond donors (Lipinski definition) is 4. The molecular weight excluding hydrogens is 524 g/mol. The minimum atomic E-state index is -4.01. The first-order valence-electron chi connectivity index (χ1n) is 12.6. The van der Waals surface area contributed by atoms with Crippen molar-refractivity contribution >= 4 is 11.9 Å². The van der Waals surface area contributed by atoms with E-state index in [4.69, 9.17) is 15.2 Å². The molecule has 1 heterocycles. The molecule has 214 valence electrons. The zero-order chi connectivity index (χ0) is 29.5. The third kappa shape index (κ3) is 7.24. The average molecular weight is 558 g/mol. The molecule has 40 heavy (non-hydrogen) atoms. The van der Waals surface area contributed by atoms with Gasteiger partial charge in [0.15, 0.2) is 0 Å². The van der Waals surface area contributed by atoms with E-state index in [1.54, 1.807) is 36.4 Å². The Kier molecular flexibility index (Phi) is 10.0. The number of pyridine rings is 1. The fraction of sp³-hybridized carbons (Fsp3) is 0.345. The van der Waals surface area contributed by atoms with Crippen LogP contribution in [0.15, 0.2) is 79.0 Å². The van der Waals surface area contributed by atoms with Gasteiger partial charge in [-0.3, -0.25) is 10.3 Å². The number of aromatic nitrogens is 1. The number of carbonyl (C=O) groups excluding carboxylic acids is 2. The molecule has 0 radical (unpaired) electrons. The van der Waals surface area contributed by atoms with Crippen molar-refractivity contribution in [1.82, 2.24) is 10.3 Å². The average Bonchev–Trinajstić information content (AvgIpc) is 2.94. The van der Waals surface area contributed by atoms with Crippen molar-refractivity contribution in [2.24, 2.45) is 11.7 Å². The number of esters is 2. The normalized spacial score (nSPS) is 15.5. The molecule has 1 aromatic heterocycles. The monoisotopic (exact) mass is 557 g/mol. The maximum absolute atomic E-state index is 15.8. The molecule has 4 atom stereocenters. The van der Waals surface area contributed by atoms with Gasteiger partial charge in [-0.05, 0) is 48.9 Å². The molecule has 3 unspecified atom stereocenters. The Morgan fingerprint density at radius 3 is 2.30 bits per heavy atom. The van der Waals surface area contributed by atoms with E-state index >= 15 is 8.78 Å². The van der Waals surface area contributed by atoms with Crippen molar-refractivity contribution in [2.45, 2.75) is 57.2 Å². The van der Waals surface area contributed by atoms with Crippen LogP contribution in [0.2, 0.25) is 0 Å². The van der Waals surface area contributed by atoms with Crippen LogP contribution in [-0.2, 0) is 16.1 Å². The SMILES string of the molecule is CC(N)C(O)C(F)(F)C(N[C@@](O)(C(=O)OCc1ccccn1)C(C)C)c1cccc(OC(=O)c2ccccc2)c1. The highest BCUT2D eigenvalue weighted by Gasteiger charge is 2.54. The van der Waals surface area contributed by atoms with Crippen LogP contribution in [0.4, 0.5) is 8.78 Å². The van der Waals surface area contributed by atoms with Crippen LogP contribution in [0.1, 0.15) is 48.4 Å². The van der Waals surface area contributed by atoms with E-state index < -0.39 is 47.7 Å². The number of hydrogen-bond acceptors (Lipinski definition) is 9. The summed E-state index contributed by atoms with van der Waals surface area (Å²) < 4.78 is 42.2. The number of carbonyl (C=O) groups is 2. The van der Waals surface area contributed by atoms with Gasteiger partial charge >= 0.3 is 11.9 Å². The van der Waals surface area contributed by atoms with Gasteiger partial charge < -0.3 is 25.4 Å². The molecule has 0 aliphatic carbocycles. The van der Waals surface area contributed by atoms with Crippen LogP contribution in [0.5, 0.6) is 5.75 Å². The Hall–Kier alpha value is -3.77. The van der Waals surface area contributed by atoms with Gasteiger partial charge in [-0.25, -0.2) is 18.4 Å². The number of halogens is 2. The van der Waals surface area contributed by atoms with Gasteiger partial charge in [0.25, 0.3) is 5.92 Å². The Balaban J connectivity index is 1.96. The van der Waals surface area contributed by atoms with Gasteiger partial charge in [-0.1, -0.05) is 50.2 Å². The number of nitrogens with one attached hydrogen (secondary N) is 1. The minimum absolute atomic E-state index is 0.0740. The summed E-state index contributed by atoms with van der Waals surface area (Å²) in [5, 5.41) is 24.1. The van der Waals surface area contributed by atoms with Gasteiger partial charge in [0.2, 0.25) is 5.72 Å². The fourth-order valence-corrected chi connectivity index (χ4v) is 3.84. The number of nitrogens with zero attached hydrogens (tertiary/aromatic N) is 1. The predicted octanol–water partition coefficient (Wildman–Crippen LogP) is 3.36. The number of alkyl halides is 2. The van der Waals surface area contributed by atoms with Crippen molar-refractivity contribution in [3.8, 4) is 5.75 Å². The smallest absolute Gasteiger partial charge is 0.354 e. The molecule has 0 saturated heterocycles. The van der Waals surface area contributed by atoms with E-state index in [1.165, 1.54) is 57.3 Å². The van der Waals surface area contributed by atoms with E-state index in [9.17, 15) is 19.8 Å². The second kappa shape index (κ2) is 13.1. The van der Waals surface area contributed by atoms with Crippen LogP contribution in [0.25, 0.3) is 0 Å². The van der Waals surface area contributed by atoms with Crippen LogP contribution in [-0.4, -0.2) is 50.9 Å². The quantitative estimate of drug-likeness (QED) is 0.150. The maximum Gasteiger partial charge on any atom is 0.354 e. The Labute approximate surface area is 231 Å². The van der Waals surface area contributed by atoms with Gasteiger partial charge in [0, 0.05) is 18.2 Å². The largest absolute Gasteiger partial charge is 0.456 e. The lowest BCUT2D eigenvalue weighted by molar-refractivity contribution is -0.191. The number of nitrogens with two attached hydrogens (primary N) is 1. The molecule has 0 saturated carbocycles. The Morgan fingerprint density at radius 2 is 1.70 bits per heavy atom. The Bertz CT molecular complexity index is 1280. The maximum atomic E-state index is 15.8.